The maximum absolute atomic E-state index is 12.9. The van der Waals surface area contributed by atoms with Gasteiger partial charge in [0.1, 0.15) is 11.4 Å². The molecule has 0 radical (unpaired) electrons. The van der Waals surface area contributed by atoms with Crippen LogP contribution in [0.4, 0.5) is 10.1 Å². The Hall–Kier alpha value is -1.69. The Kier molecular flexibility index (Phi) is 5.03. The summed E-state index contributed by atoms with van der Waals surface area (Å²) in [5, 5.41) is 12.9. The Morgan fingerprint density at radius 1 is 1.61 bits per heavy atom. The van der Waals surface area contributed by atoms with Gasteiger partial charge in [0.25, 0.3) is 11.6 Å². The molecule has 1 atom stereocenters. The summed E-state index contributed by atoms with van der Waals surface area (Å²) in [6.45, 7) is 2.05. The topological polar surface area (TPSA) is 72.2 Å². The Balaban J connectivity index is 2.88. The van der Waals surface area contributed by atoms with Crippen LogP contribution in [0.5, 0.6) is 0 Å². The monoisotopic (exact) mass is 274 g/mol. The molecule has 0 saturated carbocycles. The maximum atomic E-state index is 12.9. The molecule has 0 aliphatic rings. The summed E-state index contributed by atoms with van der Waals surface area (Å²) < 4.78 is 12.9. The summed E-state index contributed by atoms with van der Waals surface area (Å²) in [4.78, 5) is 21.6. The predicted molar refractivity (Wildman–Crippen MR) is 65.3 cm³/mol. The van der Waals surface area contributed by atoms with Crippen molar-refractivity contribution in [1.82, 2.24) is 5.32 Å². The van der Waals surface area contributed by atoms with E-state index in [0.717, 1.165) is 12.1 Å². The SMILES string of the molecule is CCC(Cl)CNC(=O)c1ccc(F)cc1[N+](=O)[O-]. The highest BCUT2D eigenvalue weighted by Gasteiger charge is 2.21. The van der Waals surface area contributed by atoms with E-state index < -0.39 is 22.3 Å². The minimum Gasteiger partial charge on any atom is -0.350 e. The Bertz CT molecular complexity index is 468. The standard InChI is InChI=1S/C11H12ClFN2O3/c1-2-7(12)6-14-11(16)9-4-3-8(13)5-10(9)15(17)18/h3-5,7H,2,6H2,1H3,(H,14,16). The number of amides is 1. The lowest BCUT2D eigenvalue weighted by Crippen LogP contribution is -2.30. The van der Waals surface area contributed by atoms with Gasteiger partial charge in [-0.2, -0.15) is 0 Å². The lowest BCUT2D eigenvalue weighted by molar-refractivity contribution is -0.385. The molecule has 0 aliphatic heterocycles. The molecule has 1 N–H and O–H groups in total. The number of hydrogen-bond acceptors (Lipinski definition) is 3. The summed E-state index contributed by atoms with van der Waals surface area (Å²) in [6, 6.07) is 2.80. The molecule has 0 heterocycles. The van der Waals surface area contributed by atoms with E-state index >= 15 is 0 Å². The molecular formula is C11H12ClFN2O3. The smallest absolute Gasteiger partial charge is 0.285 e. The minimum atomic E-state index is -0.796. The molecule has 5 nitrogen and oxygen atoms in total. The number of hydrogen-bond donors (Lipinski definition) is 1. The lowest BCUT2D eigenvalue weighted by atomic mass is 10.1. The number of carbonyl (C=O) groups excluding carboxylic acids is 1. The van der Waals surface area contributed by atoms with Crippen molar-refractivity contribution in [3.63, 3.8) is 0 Å². The van der Waals surface area contributed by atoms with Crippen LogP contribution >= 0.6 is 11.6 Å². The second-order valence-corrected chi connectivity index (χ2v) is 4.25. The molecule has 0 saturated heterocycles. The molecule has 7 heteroatoms. The number of alkyl halides is 1. The number of nitrogens with zero attached hydrogens (tertiary/aromatic N) is 1. The molecule has 0 aliphatic carbocycles. The number of nitro benzene ring substituents is 1. The lowest BCUT2D eigenvalue weighted by Gasteiger charge is -2.08. The van der Waals surface area contributed by atoms with Gasteiger partial charge in [0, 0.05) is 6.54 Å². The molecule has 18 heavy (non-hydrogen) atoms. The normalized spacial score (nSPS) is 11.9. The number of rotatable bonds is 5. The summed E-state index contributed by atoms with van der Waals surface area (Å²) in [5.41, 5.74) is -0.739. The van der Waals surface area contributed by atoms with Crippen molar-refractivity contribution < 1.29 is 14.1 Å². The Morgan fingerprint density at radius 2 is 2.28 bits per heavy atom. The van der Waals surface area contributed by atoms with E-state index in [1.165, 1.54) is 0 Å². The zero-order valence-corrected chi connectivity index (χ0v) is 10.4. The minimum absolute atomic E-state index is 0.179. The van der Waals surface area contributed by atoms with Gasteiger partial charge in [0.2, 0.25) is 0 Å². The van der Waals surface area contributed by atoms with Gasteiger partial charge in [-0.3, -0.25) is 14.9 Å². The third kappa shape index (κ3) is 3.66. The molecule has 1 aromatic carbocycles. The maximum Gasteiger partial charge on any atom is 0.285 e. The van der Waals surface area contributed by atoms with Gasteiger partial charge in [-0.05, 0) is 18.6 Å². The Morgan fingerprint density at radius 3 is 2.83 bits per heavy atom. The second kappa shape index (κ2) is 6.30. The summed E-state index contributed by atoms with van der Waals surface area (Å²) >= 11 is 5.82. The molecule has 1 unspecified atom stereocenters. The van der Waals surface area contributed by atoms with Crippen molar-refractivity contribution in [1.29, 1.82) is 0 Å². The highest BCUT2D eigenvalue weighted by atomic mass is 35.5. The molecule has 1 rings (SSSR count). The van der Waals surface area contributed by atoms with Crippen LogP contribution in [0.2, 0.25) is 0 Å². The highest BCUT2D eigenvalue weighted by Crippen LogP contribution is 2.19. The fourth-order valence-electron chi connectivity index (χ4n) is 1.29. The number of benzene rings is 1. The van der Waals surface area contributed by atoms with Crippen molar-refractivity contribution in [3.8, 4) is 0 Å². The number of nitrogens with one attached hydrogen (secondary N) is 1. The predicted octanol–water partition coefficient (Wildman–Crippen LogP) is 2.48. The van der Waals surface area contributed by atoms with Crippen LogP contribution in [0, 0.1) is 15.9 Å². The van der Waals surface area contributed by atoms with Crippen LogP contribution in [0.1, 0.15) is 23.7 Å². The van der Waals surface area contributed by atoms with Gasteiger partial charge in [-0.25, -0.2) is 4.39 Å². The van der Waals surface area contributed by atoms with Gasteiger partial charge in [-0.15, -0.1) is 11.6 Å². The van der Waals surface area contributed by atoms with E-state index in [4.69, 9.17) is 11.6 Å². The van der Waals surface area contributed by atoms with Gasteiger partial charge in [-0.1, -0.05) is 6.92 Å². The Labute approximate surface area is 108 Å². The molecular weight excluding hydrogens is 263 g/mol. The van der Waals surface area contributed by atoms with Gasteiger partial charge in [0.15, 0.2) is 0 Å². The first-order valence-corrected chi connectivity index (χ1v) is 5.75. The summed E-state index contributed by atoms with van der Waals surface area (Å²) in [7, 11) is 0. The third-order valence-corrected chi connectivity index (χ3v) is 2.79. The molecule has 1 amide bonds. The van der Waals surface area contributed by atoms with Crippen LogP contribution in [0.25, 0.3) is 0 Å². The van der Waals surface area contributed by atoms with Crippen LogP contribution in [0.3, 0.4) is 0 Å². The first kappa shape index (κ1) is 14.4. The molecule has 1 aromatic rings. The van der Waals surface area contributed by atoms with E-state index in [-0.39, 0.29) is 17.5 Å². The summed E-state index contributed by atoms with van der Waals surface area (Å²) in [5.74, 6) is -1.40. The van der Waals surface area contributed by atoms with E-state index in [1.54, 1.807) is 0 Å². The van der Waals surface area contributed by atoms with Crippen LogP contribution < -0.4 is 5.32 Å². The van der Waals surface area contributed by atoms with Gasteiger partial charge >= 0.3 is 0 Å². The number of carbonyl (C=O) groups is 1. The largest absolute Gasteiger partial charge is 0.350 e. The third-order valence-electron chi connectivity index (χ3n) is 2.33. The van der Waals surface area contributed by atoms with Gasteiger partial charge < -0.3 is 5.32 Å². The van der Waals surface area contributed by atoms with Crippen molar-refractivity contribution >= 4 is 23.2 Å². The van der Waals surface area contributed by atoms with Crippen LogP contribution in [-0.2, 0) is 0 Å². The molecule has 0 bridgehead atoms. The molecule has 0 spiro atoms. The number of nitro groups is 1. The second-order valence-electron chi connectivity index (χ2n) is 3.63. The van der Waals surface area contributed by atoms with Crippen molar-refractivity contribution in [2.24, 2.45) is 0 Å². The van der Waals surface area contributed by atoms with Crippen molar-refractivity contribution in [2.75, 3.05) is 6.54 Å². The number of halogens is 2. The van der Waals surface area contributed by atoms with E-state index in [9.17, 15) is 19.3 Å². The van der Waals surface area contributed by atoms with Crippen molar-refractivity contribution in [3.05, 3.63) is 39.7 Å². The summed E-state index contributed by atoms with van der Waals surface area (Å²) in [6.07, 6.45) is 0.660. The van der Waals surface area contributed by atoms with Crippen molar-refractivity contribution in [2.45, 2.75) is 18.7 Å². The van der Waals surface area contributed by atoms with Crippen LogP contribution in [0.15, 0.2) is 18.2 Å². The van der Waals surface area contributed by atoms with Gasteiger partial charge in [0.05, 0.1) is 16.4 Å². The fourth-order valence-corrected chi connectivity index (χ4v) is 1.37. The first-order chi connectivity index (χ1) is 8.45. The zero-order chi connectivity index (χ0) is 13.7. The first-order valence-electron chi connectivity index (χ1n) is 5.32. The van der Waals surface area contributed by atoms with E-state index in [0.29, 0.717) is 12.5 Å². The highest BCUT2D eigenvalue weighted by molar-refractivity contribution is 6.20. The van der Waals surface area contributed by atoms with E-state index in [1.807, 2.05) is 6.92 Å². The van der Waals surface area contributed by atoms with E-state index in [2.05, 4.69) is 5.32 Å². The molecule has 0 aromatic heterocycles. The molecule has 98 valence electrons. The molecule has 0 fully saturated rings. The average molecular weight is 275 g/mol. The average Bonchev–Trinajstić information content (AvgIpc) is 2.35. The fraction of sp³-hybridized carbons (Fsp3) is 0.364. The quantitative estimate of drug-likeness (QED) is 0.509. The van der Waals surface area contributed by atoms with Crippen LogP contribution in [-0.4, -0.2) is 22.8 Å². The zero-order valence-electron chi connectivity index (χ0n) is 9.65.